The maximum atomic E-state index is 12.4. The molecular weight excluding hydrogens is 338 g/mol. The lowest BCUT2D eigenvalue weighted by Crippen LogP contribution is -2.54. The fourth-order valence-corrected chi connectivity index (χ4v) is 2.15. The highest BCUT2D eigenvalue weighted by Gasteiger charge is 2.37. The maximum absolute atomic E-state index is 12.4. The van der Waals surface area contributed by atoms with Crippen LogP contribution in [0, 0.1) is 6.92 Å². The smallest absolute Gasteiger partial charge is 0.335 e. The first kappa shape index (κ1) is 15.2. The molecule has 1 heterocycles. The summed E-state index contributed by atoms with van der Waals surface area (Å²) in [5, 5.41) is 2.17. The van der Waals surface area contributed by atoms with Crippen molar-refractivity contribution < 1.29 is 14.4 Å². The summed E-state index contributed by atoms with van der Waals surface area (Å²) in [6, 6.07) is 4.34. The maximum Gasteiger partial charge on any atom is 0.335 e. The molecule has 2 rings (SSSR count). The van der Waals surface area contributed by atoms with Gasteiger partial charge < -0.3 is 4.90 Å². The van der Waals surface area contributed by atoms with Crippen LogP contribution < -0.4 is 10.2 Å². The number of nitrogens with one attached hydrogen (secondary N) is 1. The molecule has 0 spiro atoms. The van der Waals surface area contributed by atoms with Crippen LogP contribution in [0.2, 0.25) is 0 Å². The summed E-state index contributed by atoms with van der Waals surface area (Å²) in [6.45, 7) is 1.85. The van der Waals surface area contributed by atoms with Crippen LogP contribution in [0.1, 0.15) is 5.56 Å². The molecule has 4 amide bonds. The summed E-state index contributed by atoms with van der Waals surface area (Å²) in [5.74, 6) is -1.33. The van der Waals surface area contributed by atoms with Gasteiger partial charge in [0.15, 0.2) is 0 Å². The topological polar surface area (TPSA) is 69.7 Å². The van der Waals surface area contributed by atoms with E-state index in [1.165, 1.54) is 6.20 Å². The van der Waals surface area contributed by atoms with E-state index in [1.54, 1.807) is 37.2 Å². The van der Waals surface area contributed by atoms with Crippen LogP contribution >= 0.6 is 15.9 Å². The van der Waals surface area contributed by atoms with Gasteiger partial charge in [-0.15, -0.1) is 0 Å². The van der Waals surface area contributed by atoms with E-state index in [9.17, 15) is 14.4 Å². The number of amides is 4. The van der Waals surface area contributed by atoms with Crippen molar-refractivity contribution in [3.8, 4) is 0 Å². The molecule has 0 bridgehead atoms. The Morgan fingerprint density at radius 1 is 1.24 bits per heavy atom. The van der Waals surface area contributed by atoms with Gasteiger partial charge in [0, 0.05) is 24.8 Å². The molecule has 1 aliphatic rings. The van der Waals surface area contributed by atoms with Gasteiger partial charge in [0.2, 0.25) is 0 Å². The molecule has 0 radical (unpaired) electrons. The molecule has 1 aliphatic heterocycles. The predicted octanol–water partition coefficient (Wildman–Crippen LogP) is 1.79. The summed E-state index contributed by atoms with van der Waals surface area (Å²) in [6.07, 6.45) is 1.39. The molecule has 0 aliphatic carbocycles. The van der Waals surface area contributed by atoms with Crippen LogP contribution in [0.25, 0.3) is 0 Å². The van der Waals surface area contributed by atoms with E-state index in [0.29, 0.717) is 5.69 Å². The standard InChI is InChI=1S/C14H14BrN3O3/c1-8-6-9(4-5-11(8)15)18-13(20)10(7-17(2)3)12(19)16-14(18)21/h4-7H,1-3H3,(H,16,19,21)/b10-7-. The number of barbiturate groups is 1. The third kappa shape index (κ3) is 2.97. The average Bonchev–Trinajstić information content (AvgIpc) is 2.38. The van der Waals surface area contributed by atoms with Crippen molar-refractivity contribution >= 4 is 39.5 Å². The number of aryl methyl sites for hydroxylation is 1. The molecule has 0 aromatic heterocycles. The highest BCUT2D eigenvalue weighted by molar-refractivity contribution is 9.10. The number of carbonyl (C=O) groups excluding carboxylic acids is 3. The molecule has 1 saturated heterocycles. The number of halogens is 1. The summed E-state index contributed by atoms with van der Waals surface area (Å²) in [5.41, 5.74) is 1.21. The zero-order valence-corrected chi connectivity index (χ0v) is 13.4. The Morgan fingerprint density at radius 3 is 2.48 bits per heavy atom. The lowest BCUT2D eigenvalue weighted by atomic mass is 10.1. The predicted molar refractivity (Wildman–Crippen MR) is 81.7 cm³/mol. The summed E-state index contributed by atoms with van der Waals surface area (Å²) >= 11 is 3.36. The van der Waals surface area contributed by atoms with Crippen molar-refractivity contribution in [2.75, 3.05) is 19.0 Å². The fraction of sp³-hybridized carbons (Fsp3) is 0.214. The van der Waals surface area contributed by atoms with Crippen molar-refractivity contribution in [3.63, 3.8) is 0 Å². The van der Waals surface area contributed by atoms with Crippen molar-refractivity contribution in [1.29, 1.82) is 0 Å². The minimum atomic E-state index is -0.748. The molecule has 6 nitrogen and oxygen atoms in total. The number of carbonyl (C=O) groups is 3. The molecule has 0 saturated carbocycles. The highest BCUT2D eigenvalue weighted by Crippen LogP contribution is 2.25. The Labute approximate surface area is 130 Å². The van der Waals surface area contributed by atoms with Gasteiger partial charge in [0.25, 0.3) is 11.8 Å². The summed E-state index contributed by atoms with van der Waals surface area (Å²) < 4.78 is 0.872. The van der Waals surface area contributed by atoms with E-state index in [-0.39, 0.29) is 5.57 Å². The third-order valence-corrected chi connectivity index (χ3v) is 3.78. The molecule has 0 atom stereocenters. The number of hydrogen-bond donors (Lipinski definition) is 1. The fourth-order valence-electron chi connectivity index (χ4n) is 1.90. The number of rotatable bonds is 2. The largest absolute Gasteiger partial charge is 0.383 e. The van der Waals surface area contributed by atoms with E-state index in [0.717, 1.165) is 14.9 Å². The van der Waals surface area contributed by atoms with Crippen molar-refractivity contribution in [2.24, 2.45) is 0 Å². The summed E-state index contributed by atoms with van der Waals surface area (Å²) in [4.78, 5) is 38.7. The normalized spacial score (nSPS) is 17.2. The van der Waals surface area contributed by atoms with E-state index < -0.39 is 17.8 Å². The van der Waals surface area contributed by atoms with Crippen LogP contribution in [-0.2, 0) is 9.59 Å². The van der Waals surface area contributed by atoms with E-state index in [2.05, 4.69) is 21.2 Å². The Hall–Kier alpha value is -2.15. The van der Waals surface area contributed by atoms with Crippen LogP contribution in [-0.4, -0.2) is 36.8 Å². The summed E-state index contributed by atoms with van der Waals surface area (Å²) in [7, 11) is 3.39. The van der Waals surface area contributed by atoms with E-state index in [4.69, 9.17) is 0 Å². The van der Waals surface area contributed by atoms with Crippen LogP contribution in [0.3, 0.4) is 0 Å². The Balaban J connectivity index is 2.47. The van der Waals surface area contributed by atoms with Crippen molar-refractivity contribution in [3.05, 3.63) is 40.0 Å². The Bertz CT molecular complexity index is 667. The van der Waals surface area contributed by atoms with E-state index in [1.807, 2.05) is 6.92 Å². The second-order valence-corrected chi connectivity index (χ2v) is 5.69. The number of hydrogen-bond acceptors (Lipinski definition) is 4. The van der Waals surface area contributed by atoms with Crippen LogP contribution in [0.4, 0.5) is 10.5 Å². The van der Waals surface area contributed by atoms with Gasteiger partial charge in [0.05, 0.1) is 5.69 Å². The Kier molecular flexibility index (Phi) is 4.13. The monoisotopic (exact) mass is 351 g/mol. The lowest BCUT2D eigenvalue weighted by molar-refractivity contribution is -0.122. The van der Waals surface area contributed by atoms with Gasteiger partial charge in [0.1, 0.15) is 5.57 Å². The molecular formula is C14H14BrN3O3. The molecule has 1 aromatic rings. The van der Waals surface area contributed by atoms with Gasteiger partial charge in [-0.1, -0.05) is 15.9 Å². The van der Waals surface area contributed by atoms with Crippen molar-refractivity contribution in [1.82, 2.24) is 10.2 Å². The van der Waals surface area contributed by atoms with Gasteiger partial charge >= 0.3 is 6.03 Å². The lowest BCUT2D eigenvalue weighted by Gasteiger charge is -2.27. The number of urea groups is 1. The number of imide groups is 2. The van der Waals surface area contributed by atoms with Crippen LogP contribution in [0.15, 0.2) is 34.4 Å². The van der Waals surface area contributed by atoms with Crippen LogP contribution in [0.5, 0.6) is 0 Å². The highest BCUT2D eigenvalue weighted by atomic mass is 79.9. The molecule has 21 heavy (non-hydrogen) atoms. The van der Waals surface area contributed by atoms with E-state index >= 15 is 0 Å². The van der Waals surface area contributed by atoms with Gasteiger partial charge in [-0.25, -0.2) is 9.69 Å². The minimum absolute atomic E-state index is 0.0832. The average molecular weight is 352 g/mol. The minimum Gasteiger partial charge on any atom is -0.383 e. The first-order valence-corrected chi connectivity index (χ1v) is 6.94. The van der Waals surface area contributed by atoms with Crippen molar-refractivity contribution in [2.45, 2.75) is 6.92 Å². The van der Waals surface area contributed by atoms with Gasteiger partial charge in [-0.3, -0.25) is 14.9 Å². The SMILES string of the molecule is Cc1cc(N2C(=O)NC(=O)/C(=C/N(C)C)C2=O)ccc1Br. The zero-order chi connectivity index (χ0) is 15.7. The zero-order valence-electron chi connectivity index (χ0n) is 11.8. The van der Waals surface area contributed by atoms with Gasteiger partial charge in [-0.05, 0) is 30.7 Å². The van der Waals surface area contributed by atoms with Gasteiger partial charge in [-0.2, -0.15) is 0 Å². The number of nitrogens with zero attached hydrogens (tertiary/aromatic N) is 2. The molecule has 1 fully saturated rings. The molecule has 1 N–H and O–H groups in total. The third-order valence-electron chi connectivity index (χ3n) is 2.89. The first-order chi connectivity index (χ1) is 9.81. The molecule has 0 unspecified atom stereocenters. The molecule has 110 valence electrons. The number of anilines is 1. The Morgan fingerprint density at radius 2 is 1.90 bits per heavy atom. The second-order valence-electron chi connectivity index (χ2n) is 4.84. The first-order valence-electron chi connectivity index (χ1n) is 6.15. The molecule has 1 aromatic carbocycles. The number of benzene rings is 1. The molecule has 7 heteroatoms. The quantitative estimate of drug-likeness (QED) is 0.651. The second kappa shape index (κ2) is 5.69.